The summed E-state index contributed by atoms with van der Waals surface area (Å²) in [6, 6.07) is 5.50. The molecule has 0 aliphatic carbocycles. The van der Waals surface area contributed by atoms with Crippen molar-refractivity contribution in [2.45, 2.75) is 32.7 Å². The van der Waals surface area contributed by atoms with Crippen LogP contribution in [0.5, 0.6) is 5.75 Å². The van der Waals surface area contributed by atoms with Crippen molar-refractivity contribution in [3.8, 4) is 5.75 Å². The van der Waals surface area contributed by atoms with Gasteiger partial charge >= 0.3 is 0 Å². The van der Waals surface area contributed by atoms with Crippen LogP contribution in [-0.2, 0) is 0 Å². The summed E-state index contributed by atoms with van der Waals surface area (Å²) in [4.78, 5) is 2.47. The van der Waals surface area contributed by atoms with Gasteiger partial charge in [-0.2, -0.15) is 0 Å². The summed E-state index contributed by atoms with van der Waals surface area (Å²) in [5, 5.41) is 3.38. The van der Waals surface area contributed by atoms with E-state index in [1.807, 2.05) is 6.07 Å². The molecule has 0 bridgehead atoms. The molecule has 118 valence electrons. The van der Waals surface area contributed by atoms with E-state index in [0.29, 0.717) is 11.7 Å². The first-order valence-corrected chi connectivity index (χ1v) is 7.96. The van der Waals surface area contributed by atoms with E-state index in [-0.39, 0.29) is 11.9 Å². The molecule has 1 heterocycles. The monoisotopic (exact) mass is 294 g/mol. The Balaban J connectivity index is 2.36. The average molecular weight is 294 g/mol. The lowest BCUT2D eigenvalue weighted by Crippen LogP contribution is -2.46. The maximum atomic E-state index is 14.1. The highest BCUT2D eigenvalue weighted by molar-refractivity contribution is 5.38. The minimum absolute atomic E-state index is 0.220. The molecule has 2 atom stereocenters. The Labute approximate surface area is 127 Å². The molecule has 3 nitrogen and oxygen atoms in total. The first kappa shape index (κ1) is 16.2. The number of hydrogen-bond acceptors (Lipinski definition) is 3. The highest BCUT2D eigenvalue weighted by Gasteiger charge is 2.30. The van der Waals surface area contributed by atoms with Gasteiger partial charge in [-0.3, -0.25) is 4.90 Å². The van der Waals surface area contributed by atoms with E-state index in [9.17, 15) is 4.39 Å². The Morgan fingerprint density at radius 1 is 1.33 bits per heavy atom. The molecule has 1 aromatic carbocycles. The Bertz CT molecular complexity index is 446. The van der Waals surface area contributed by atoms with Gasteiger partial charge in [0.25, 0.3) is 0 Å². The third-order valence-electron chi connectivity index (χ3n) is 4.35. The Kier molecular flexibility index (Phi) is 6.00. The lowest BCUT2D eigenvalue weighted by molar-refractivity contribution is 0.123. The Morgan fingerprint density at radius 2 is 2.05 bits per heavy atom. The second-order valence-corrected chi connectivity index (χ2v) is 5.86. The van der Waals surface area contributed by atoms with Crippen LogP contribution in [0.4, 0.5) is 4.39 Å². The van der Waals surface area contributed by atoms with Crippen molar-refractivity contribution >= 4 is 0 Å². The number of rotatable bonds is 6. The van der Waals surface area contributed by atoms with E-state index >= 15 is 0 Å². The van der Waals surface area contributed by atoms with Crippen LogP contribution < -0.4 is 10.1 Å². The van der Waals surface area contributed by atoms with Crippen LogP contribution in [0, 0.1) is 11.7 Å². The molecule has 0 amide bonds. The average Bonchev–Trinajstić information content (AvgIpc) is 2.49. The lowest BCUT2D eigenvalue weighted by atomic mass is 9.88. The molecule has 2 rings (SSSR count). The normalized spacial score (nSPS) is 19.2. The molecule has 0 radical (unpaired) electrons. The van der Waals surface area contributed by atoms with Gasteiger partial charge in [0.1, 0.15) is 0 Å². The van der Waals surface area contributed by atoms with Crippen molar-refractivity contribution in [3.63, 3.8) is 0 Å². The number of halogens is 1. The van der Waals surface area contributed by atoms with Crippen LogP contribution in [0.1, 0.15) is 38.3 Å². The standard InChI is InChI=1S/C17H27FN2O/c1-4-6-13(2)16(20-11-9-19-10-12-20)14-7-5-8-15(18)17(14)21-3/h5,7-8,13,16,19H,4,6,9-12H2,1-3H3/t13?,16-/m0/s1. The molecule has 1 unspecified atom stereocenters. The molecule has 0 aromatic heterocycles. The van der Waals surface area contributed by atoms with Gasteiger partial charge in [-0.15, -0.1) is 0 Å². The number of benzene rings is 1. The van der Waals surface area contributed by atoms with Crippen molar-refractivity contribution in [3.05, 3.63) is 29.6 Å². The number of ether oxygens (including phenoxy) is 1. The fourth-order valence-electron chi connectivity index (χ4n) is 3.41. The number of nitrogens with zero attached hydrogens (tertiary/aromatic N) is 1. The predicted octanol–water partition coefficient (Wildman–Crippen LogP) is 3.22. The molecule has 21 heavy (non-hydrogen) atoms. The SMILES string of the molecule is CCCC(C)[C@@H](c1cccc(F)c1OC)N1CCNCC1. The van der Waals surface area contributed by atoms with Crippen molar-refractivity contribution in [2.75, 3.05) is 33.3 Å². The smallest absolute Gasteiger partial charge is 0.165 e. The molecule has 4 heteroatoms. The molecule has 1 aromatic rings. The maximum absolute atomic E-state index is 14.1. The van der Waals surface area contributed by atoms with Gasteiger partial charge < -0.3 is 10.1 Å². The minimum atomic E-state index is -0.265. The molecule has 1 aliphatic rings. The molecule has 0 spiro atoms. The second kappa shape index (κ2) is 7.76. The number of methoxy groups -OCH3 is 1. The summed E-state index contributed by atoms with van der Waals surface area (Å²) < 4.78 is 19.4. The van der Waals surface area contributed by atoms with E-state index in [4.69, 9.17) is 4.74 Å². The number of piperazine rings is 1. The van der Waals surface area contributed by atoms with Crippen LogP contribution in [-0.4, -0.2) is 38.2 Å². The fraction of sp³-hybridized carbons (Fsp3) is 0.647. The van der Waals surface area contributed by atoms with Gasteiger partial charge in [0.15, 0.2) is 11.6 Å². The summed E-state index contributed by atoms with van der Waals surface area (Å²) in [7, 11) is 1.56. The molecule has 1 saturated heterocycles. The zero-order valence-electron chi connectivity index (χ0n) is 13.4. The van der Waals surface area contributed by atoms with Gasteiger partial charge in [0, 0.05) is 37.8 Å². The zero-order valence-corrected chi connectivity index (χ0v) is 13.4. The van der Waals surface area contributed by atoms with E-state index < -0.39 is 0 Å². The third kappa shape index (κ3) is 3.74. The highest BCUT2D eigenvalue weighted by Crippen LogP contribution is 2.38. The van der Waals surface area contributed by atoms with Gasteiger partial charge in [-0.1, -0.05) is 32.4 Å². The second-order valence-electron chi connectivity index (χ2n) is 5.86. The molecule has 1 N–H and O–H groups in total. The summed E-state index contributed by atoms with van der Waals surface area (Å²) in [6.07, 6.45) is 2.27. The first-order valence-electron chi connectivity index (χ1n) is 7.96. The molecule has 1 aliphatic heterocycles. The van der Waals surface area contributed by atoms with Crippen LogP contribution in [0.3, 0.4) is 0 Å². The number of para-hydroxylation sites is 1. The van der Waals surface area contributed by atoms with E-state index in [2.05, 4.69) is 24.1 Å². The maximum Gasteiger partial charge on any atom is 0.165 e. The van der Waals surface area contributed by atoms with Gasteiger partial charge in [0.2, 0.25) is 0 Å². The predicted molar refractivity (Wildman–Crippen MR) is 84.2 cm³/mol. The zero-order chi connectivity index (χ0) is 15.2. The molecular formula is C17H27FN2O. The van der Waals surface area contributed by atoms with E-state index in [1.54, 1.807) is 13.2 Å². The summed E-state index contributed by atoms with van der Waals surface area (Å²) in [5.74, 6) is 0.617. The lowest BCUT2D eigenvalue weighted by Gasteiger charge is -2.39. The van der Waals surface area contributed by atoms with E-state index in [1.165, 1.54) is 6.07 Å². The quantitative estimate of drug-likeness (QED) is 0.872. The number of hydrogen-bond donors (Lipinski definition) is 1. The van der Waals surface area contributed by atoms with Crippen molar-refractivity contribution in [1.82, 2.24) is 10.2 Å². The van der Waals surface area contributed by atoms with Gasteiger partial charge in [0.05, 0.1) is 7.11 Å². The number of nitrogens with one attached hydrogen (secondary N) is 1. The summed E-state index contributed by atoms with van der Waals surface area (Å²) >= 11 is 0. The van der Waals surface area contributed by atoms with Crippen LogP contribution >= 0.6 is 0 Å². The van der Waals surface area contributed by atoms with Crippen LogP contribution in [0.15, 0.2) is 18.2 Å². The first-order chi connectivity index (χ1) is 10.2. The largest absolute Gasteiger partial charge is 0.493 e. The molecule has 0 saturated carbocycles. The van der Waals surface area contributed by atoms with Crippen molar-refractivity contribution in [1.29, 1.82) is 0 Å². The van der Waals surface area contributed by atoms with Crippen LogP contribution in [0.2, 0.25) is 0 Å². The van der Waals surface area contributed by atoms with E-state index in [0.717, 1.165) is 44.6 Å². The minimum Gasteiger partial charge on any atom is -0.493 e. The van der Waals surface area contributed by atoms with Crippen LogP contribution in [0.25, 0.3) is 0 Å². The Morgan fingerprint density at radius 3 is 2.67 bits per heavy atom. The van der Waals surface area contributed by atoms with Crippen molar-refractivity contribution < 1.29 is 9.13 Å². The topological polar surface area (TPSA) is 24.5 Å². The fourth-order valence-corrected chi connectivity index (χ4v) is 3.41. The van der Waals surface area contributed by atoms with Crippen molar-refractivity contribution in [2.24, 2.45) is 5.92 Å². The summed E-state index contributed by atoms with van der Waals surface area (Å²) in [6.45, 7) is 8.45. The van der Waals surface area contributed by atoms with Gasteiger partial charge in [-0.05, 0) is 18.4 Å². The molecule has 1 fully saturated rings. The summed E-state index contributed by atoms with van der Waals surface area (Å²) in [5.41, 5.74) is 0.986. The third-order valence-corrected chi connectivity index (χ3v) is 4.35. The Hall–Kier alpha value is -1.13. The molecular weight excluding hydrogens is 267 g/mol. The highest BCUT2D eigenvalue weighted by atomic mass is 19.1. The van der Waals surface area contributed by atoms with Gasteiger partial charge in [-0.25, -0.2) is 4.39 Å².